The van der Waals surface area contributed by atoms with Gasteiger partial charge >= 0.3 is 0 Å². The monoisotopic (exact) mass is 200 g/mol. The summed E-state index contributed by atoms with van der Waals surface area (Å²) in [5.74, 6) is 0.474. The molecule has 3 heteroatoms. The number of likely N-dealkylation sites (tertiary alicyclic amines) is 1. The van der Waals surface area contributed by atoms with Crippen molar-refractivity contribution in [1.82, 2.24) is 4.90 Å². The Kier molecular flexibility index (Phi) is 4.85. The van der Waals surface area contributed by atoms with E-state index >= 15 is 0 Å². The minimum atomic E-state index is -0.157. The fourth-order valence-electron chi connectivity index (χ4n) is 2.38. The third kappa shape index (κ3) is 2.94. The summed E-state index contributed by atoms with van der Waals surface area (Å²) < 4.78 is 0. The Bertz CT molecular complexity index is 161. The first-order chi connectivity index (χ1) is 6.69. The molecule has 3 N–H and O–H groups in total. The van der Waals surface area contributed by atoms with Crippen molar-refractivity contribution in [2.75, 3.05) is 19.6 Å². The number of nitrogens with two attached hydrogens (primary N) is 1. The Morgan fingerprint density at radius 1 is 1.57 bits per heavy atom. The second kappa shape index (κ2) is 5.69. The van der Waals surface area contributed by atoms with E-state index in [9.17, 15) is 5.11 Å². The van der Waals surface area contributed by atoms with Crippen molar-refractivity contribution >= 4 is 0 Å². The van der Waals surface area contributed by atoms with Crippen LogP contribution < -0.4 is 5.73 Å². The number of aliphatic hydroxyl groups is 1. The largest absolute Gasteiger partial charge is 0.393 e. The molecule has 3 unspecified atom stereocenters. The first-order valence-corrected chi connectivity index (χ1v) is 5.81. The summed E-state index contributed by atoms with van der Waals surface area (Å²) >= 11 is 0. The molecule has 1 heterocycles. The van der Waals surface area contributed by atoms with Gasteiger partial charge in [-0.3, -0.25) is 4.90 Å². The summed E-state index contributed by atoms with van der Waals surface area (Å²) in [5, 5.41) is 9.50. The minimum absolute atomic E-state index is 0.157. The van der Waals surface area contributed by atoms with E-state index in [-0.39, 0.29) is 6.10 Å². The second-order valence-electron chi connectivity index (χ2n) is 4.42. The van der Waals surface area contributed by atoms with Gasteiger partial charge in [-0.2, -0.15) is 0 Å². The Morgan fingerprint density at radius 3 is 2.71 bits per heavy atom. The van der Waals surface area contributed by atoms with E-state index in [1.807, 2.05) is 6.92 Å². The standard InChI is InChI=1S/C11H24N2O/c1-3-11(4-6-12)13-7-5-10(8-13)9(2)14/h9-11,14H,3-8,12H2,1-2H3. The van der Waals surface area contributed by atoms with E-state index in [2.05, 4.69) is 11.8 Å². The summed E-state index contributed by atoms with van der Waals surface area (Å²) in [6.45, 7) is 7.08. The highest BCUT2D eigenvalue weighted by Gasteiger charge is 2.29. The maximum atomic E-state index is 9.50. The maximum absolute atomic E-state index is 9.50. The summed E-state index contributed by atoms with van der Waals surface area (Å²) in [6.07, 6.45) is 3.24. The summed E-state index contributed by atoms with van der Waals surface area (Å²) in [5.41, 5.74) is 5.59. The van der Waals surface area contributed by atoms with E-state index in [1.165, 1.54) is 6.42 Å². The van der Waals surface area contributed by atoms with Crippen molar-refractivity contribution in [1.29, 1.82) is 0 Å². The predicted molar refractivity (Wildman–Crippen MR) is 59.1 cm³/mol. The minimum Gasteiger partial charge on any atom is -0.393 e. The van der Waals surface area contributed by atoms with Crippen LogP contribution in [0, 0.1) is 5.92 Å². The number of nitrogens with zero attached hydrogens (tertiary/aromatic N) is 1. The molecule has 0 bridgehead atoms. The molecule has 1 aliphatic rings. The van der Waals surface area contributed by atoms with Gasteiger partial charge < -0.3 is 10.8 Å². The van der Waals surface area contributed by atoms with Crippen LogP contribution in [-0.4, -0.2) is 41.8 Å². The van der Waals surface area contributed by atoms with Gasteiger partial charge in [0.1, 0.15) is 0 Å². The fraction of sp³-hybridized carbons (Fsp3) is 1.00. The van der Waals surface area contributed by atoms with Gasteiger partial charge in [0.25, 0.3) is 0 Å². The maximum Gasteiger partial charge on any atom is 0.0552 e. The van der Waals surface area contributed by atoms with Crippen LogP contribution in [0.3, 0.4) is 0 Å². The van der Waals surface area contributed by atoms with E-state index in [0.29, 0.717) is 12.0 Å². The zero-order chi connectivity index (χ0) is 10.6. The highest BCUT2D eigenvalue weighted by Crippen LogP contribution is 2.23. The van der Waals surface area contributed by atoms with Crippen molar-refractivity contribution < 1.29 is 5.11 Å². The molecule has 0 aromatic heterocycles. The Balaban J connectivity index is 2.39. The average Bonchev–Trinajstić information content (AvgIpc) is 2.63. The van der Waals surface area contributed by atoms with E-state index in [0.717, 1.165) is 32.5 Å². The average molecular weight is 200 g/mol. The molecule has 0 amide bonds. The molecule has 0 spiro atoms. The zero-order valence-electron chi connectivity index (χ0n) is 9.45. The molecule has 1 aliphatic heterocycles. The molecular weight excluding hydrogens is 176 g/mol. The van der Waals surface area contributed by atoms with Crippen LogP contribution in [0.1, 0.15) is 33.1 Å². The van der Waals surface area contributed by atoms with Gasteiger partial charge in [0.2, 0.25) is 0 Å². The van der Waals surface area contributed by atoms with E-state index in [4.69, 9.17) is 5.73 Å². The molecule has 1 fully saturated rings. The smallest absolute Gasteiger partial charge is 0.0552 e. The number of hydrogen-bond donors (Lipinski definition) is 2. The van der Waals surface area contributed by atoms with Crippen molar-refractivity contribution in [2.45, 2.75) is 45.3 Å². The molecule has 1 saturated heterocycles. The summed E-state index contributed by atoms with van der Waals surface area (Å²) in [4.78, 5) is 2.49. The highest BCUT2D eigenvalue weighted by molar-refractivity contribution is 4.83. The molecule has 84 valence electrons. The van der Waals surface area contributed by atoms with Gasteiger partial charge in [-0.05, 0) is 45.2 Å². The van der Waals surface area contributed by atoms with Gasteiger partial charge in [0, 0.05) is 12.6 Å². The molecule has 0 radical (unpaired) electrons. The molecular formula is C11H24N2O. The number of hydrogen-bond acceptors (Lipinski definition) is 3. The Hall–Kier alpha value is -0.120. The summed E-state index contributed by atoms with van der Waals surface area (Å²) in [6, 6.07) is 0.628. The van der Waals surface area contributed by atoms with Crippen LogP contribution >= 0.6 is 0 Å². The van der Waals surface area contributed by atoms with Crippen molar-refractivity contribution in [3.8, 4) is 0 Å². The van der Waals surface area contributed by atoms with Gasteiger partial charge in [-0.25, -0.2) is 0 Å². The Labute approximate surface area is 87.3 Å². The molecule has 1 rings (SSSR count). The van der Waals surface area contributed by atoms with Crippen LogP contribution in [0.4, 0.5) is 0 Å². The molecule has 3 atom stereocenters. The third-order valence-electron chi connectivity index (χ3n) is 3.43. The first kappa shape index (κ1) is 12.0. The lowest BCUT2D eigenvalue weighted by Crippen LogP contribution is -2.35. The van der Waals surface area contributed by atoms with Crippen LogP contribution in [0.15, 0.2) is 0 Å². The number of aliphatic hydroxyl groups excluding tert-OH is 1. The second-order valence-corrected chi connectivity index (χ2v) is 4.42. The van der Waals surface area contributed by atoms with Gasteiger partial charge in [0.15, 0.2) is 0 Å². The molecule has 14 heavy (non-hydrogen) atoms. The van der Waals surface area contributed by atoms with Crippen molar-refractivity contribution in [2.24, 2.45) is 11.7 Å². The SMILES string of the molecule is CCC(CCN)N1CCC(C(C)O)C1. The van der Waals surface area contributed by atoms with E-state index < -0.39 is 0 Å². The van der Waals surface area contributed by atoms with Gasteiger partial charge in [0.05, 0.1) is 6.10 Å². The lowest BCUT2D eigenvalue weighted by atomic mass is 10.0. The Morgan fingerprint density at radius 2 is 2.29 bits per heavy atom. The van der Waals surface area contributed by atoms with Gasteiger partial charge in [-0.15, -0.1) is 0 Å². The molecule has 3 nitrogen and oxygen atoms in total. The summed E-state index contributed by atoms with van der Waals surface area (Å²) in [7, 11) is 0. The van der Waals surface area contributed by atoms with E-state index in [1.54, 1.807) is 0 Å². The van der Waals surface area contributed by atoms with Gasteiger partial charge in [-0.1, -0.05) is 6.92 Å². The van der Waals surface area contributed by atoms with Crippen molar-refractivity contribution in [3.63, 3.8) is 0 Å². The molecule has 0 saturated carbocycles. The normalized spacial score (nSPS) is 27.9. The first-order valence-electron chi connectivity index (χ1n) is 5.81. The zero-order valence-corrected chi connectivity index (χ0v) is 9.45. The highest BCUT2D eigenvalue weighted by atomic mass is 16.3. The lowest BCUT2D eigenvalue weighted by Gasteiger charge is -2.26. The van der Waals surface area contributed by atoms with Crippen LogP contribution in [0.5, 0.6) is 0 Å². The number of rotatable bonds is 5. The lowest BCUT2D eigenvalue weighted by molar-refractivity contribution is 0.120. The molecule has 0 aromatic rings. The fourth-order valence-corrected chi connectivity index (χ4v) is 2.38. The quantitative estimate of drug-likeness (QED) is 0.690. The molecule has 0 aromatic carbocycles. The van der Waals surface area contributed by atoms with Crippen LogP contribution in [0.25, 0.3) is 0 Å². The van der Waals surface area contributed by atoms with Crippen LogP contribution in [-0.2, 0) is 0 Å². The predicted octanol–water partition coefficient (Wildman–Crippen LogP) is 0.817. The topological polar surface area (TPSA) is 49.5 Å². The molecule has 0 aliphatic carbocycles. The van der Waals surface area contributed by atoms with Crippen LogP contribution in [0.2, 0.25) is 0 Å². The third-order valence-corrected chi connectivity index (χ3v) is 3.43. The van der Waals surface area contributed by atoms with Crippen molar-refractivity contribution in [3.05, 3.63) is 0 Å².